The topological polar surface area (TPSA) is 35.5 Å². The zero-order chi connectivity index (χ0) is 14.5. The zero-order valence-corrected chi connectivity index (χ0v) is 12.1. The molecule has 2 aromatic rings. The maximum atomic E-state index is 12.5. The molecule has 0 N–H and O–H groups in total. The summed E-state index contributed by atoms with van der Waals surface area (Å²) in [6, 6.07) is 14.3. The number of halogens is 1. The fourth-order valence-corrected chi connectivity index (χ4v) is 2.18. The van der Waals surface area contributed by atoms with Gasteiger partial charge in [-0.2, -0.15) is 0 Å². The average molecular weight is 291 g/mol. The van der Waals surface area contributed by atoms with Gasteiger partial charge in [-0.25, -0.2) is 0 Å². The standard InChI is InChI=1S/C16H15ClO3/c1-19-12-8-9-13(14(10-12)20-2)16(18)15(17)11-6-4-3-5-7-11/h3-10,15H,1-2H3. The van der Waals surface area contributed by atoms with Crippen molar-refractivity contribution in [1.29, 1.82) is 0 Å². The van der Waals surface area contributed by atoms with Gasteiger partial charge in [0, 0.05) is 6.07 Å². The Balaban J connectivity index is 2.33. The fraction of sp³-hybridized carbons (Fsp3) is 0.188. The predicted octanol–water partition coefficient (Wildman–Crippen LogP) is 3.87. The molecule has 0 radical (unpaired) electrons. The fourth-order valence-electron chi connectivity index (χ4n) is 1.91. The first kappa shape index (κ1) is 14.4. The summed E-state index contributed by atoms with van der Waals surface area (Å²) in [4.78, 5) is 12.5. The van der Waals surface area contributed by atoms with Crippen LogP contribution in [-0.2, 0) is 0 Å². The van der Waals surface area contributed by atoms with Crippen LogP contribution >= 0.6 is 11.6 Å². The van der Waals surface area contributed by atoms with Gasteiger partial charge in [0.25, 0.3) is 0 Å². The second-order valence-corrected chi connectivity index (χ2v) is 4.64. The summed E-state index contributed by atoms with van der Waals surface area (Å²) in [5, 5.41) is -0.738. The van der Waals surface area contributed by atoms with Crippen LogP contribution in [-0.4, -0.2) is 20.0 Å². The van der Waals surface area contributed by atoms with Crippen molar-refractivity contribution < 1.29 is 14.3 Å². The number of Topliss-reactive ketones (excluding diaryl/α,β-unsaturated/α-hetero) is 1. The molecule has 1 atom stereocenters. The third-order valence-electron chi connectivity index (χ3n) is 3.00. The Bertz CT molecular complexity index is 596. The number of carbonyl (C=O) groups is 1. The molecule has 0 saturated heterocycles. The highest BCUT2D eigenvalue weighted by Gasteiger charge is 2.22. The first-order chi connectivity index (χ1) is 9.67. The molecule has 0 aliphatic rings. The largest absolute Gasteiger partial charge is 0.497 e. The minimum atomic E-state index is -0.738. The minimum absolute atomic E-state index is 0.197. The van der Waals surface area contributed by atoms with E-state index in [1.165, 1.54) is 7.11 Å². The number of carbonyl (C=O) groups excluding carboxylic acids is 1. The van der Waals surface area contributed by atoms with Crippen LogP contribution in [0.15, 0.2) is 48.5 Å². The molecule has 0 aromatic heterocycles. The van der Waals surface area contributed by atoms with Crippen molar-refractivity contribution in [3.8, 4) is 11.5 Å². The maximum absolute atomic E-state index is 12.5. The van der Waals surface area contributed by atoms with Gasteiger partial charge >= 0.3 is 0 Å². The number of benzene rings is 2. The van der Waals surface area contributed by atoms with E-state index in [0.717, 1.165) is 5.56 Å². The van der Waals surface area contributed by atoms with Crippen LogP contribution in [0, 0.1) is 0 Å². The molecule has 0 aliphatic heterocycles. The van der Waals surface area contributed by atoms with Crippen LogP contribution in [0.4, 0.5) is 0 Å². The van der Waals surface area contributed by atoms with Crippen LogP contribution in [0.5, 0.6) is 11.5 Å². The van der Waals surface area contributed by atoms with Gasteiger partial charge < -0.3 is 9.47 Å². The van der Waals surface area contributed by atoms with Gasteiger partial charge in [-0.1, -0.05) is 30.3 Å². The summed E-state index contributed by atoms with van der Waals surface area (Å²) < 4.78 is 10.3. The third-order valence-corrected chi connectivity index (χ3v) is 3.45. The van der Waals surface area contributed by atoms with Crippen molar-refractivity contribution in [1.82, 2.24) is 0 Å². The van der Waals surface area contributed by atoms with Crippen molar-refractivity contribution in [3.63, 3.8) is 0 Å². The highest BCUT2D eigenvalue weighted by atomic mass is 35.5. The Morgan fingerprint density at radius 1 is 1.05 bits per heavy atom. The lowest BCUT2D eigenvalue weighted by Gasteiger charge is -2.13. The summed E-state index contributed by atoms with van der Waals surface area (Å²) in [6.45, 7) is 0. The van der Waals surface area contributed by atoms with Crippen molar-refractivity contribution in [3.05, 3.63) is 59.7 Å². The molecular formula is C16H15ClO3. The smallest absolute Gasteiger partial charge is 0.188 e. The summed E-state index contributed by atoms with van der Waals surface area (Å²) in [5.74, 6) is 0.887. The molecule has 0 fully saturated rings. The molecule has 3 nitrogen and oxygen atoms in total. The van der Waals surface area contributed by atoms with Crippen LogP contribution in [0.2, 0.25) is 0 Å². The van der Waals surface area contributed by atoms with E-state index in [0.29, 0.717) is 17.1 Å². The monoisotopic (exact) mass is 290 g/mol. The molecule has 2 aromatic carbocycles. The first-order valence-corrected chi connectivity index (χ1v) is 6.56. The van der Waals surface area contributed by atoms with Crippen LogP contribution < -0.4 is 9.47 Å². The Morgan fingerprint density at radius 2 is 1.75 bits per heavy atom. The Morgan fingerprint density at radius 3 is 2.35 bits per heavy atom. The average Bonchev–Trinajstić information content (AvgIpc) is 2.53. The quantitative estimate of drug-likeness (QED) is 0.619. The van der Waals surface area contributed by atoms with Crippen molar-refractivity contribution >= 4 is 17.4 Å². The van der Waals surface area contributed by atoms with E-state index in [1.807, 2.05) is 30.3 Å². The van der Waals surface area contributed by atoms with Gasteiger partial charge in [-0.3, -0.25) is 4.79 Å². The lowest BCUT2D eigenvalue weighted by atomic mass is 10.0. The summed E-state index contributed by atoms with van der Waals surface area (Å²) in [6.07, 6.45) is 0. The zero-order valence-electron chi connectivity index (χ0n) is 11.3. The van der Waals surface area contributed by atoms with E-state index >= 15 is 0 Å². The Kier molecular flexibility index (Phi) is 4.64. The number of ketones is 1. The molecule has 20 heavy (non-hydrogen) atoms. The van der Waals surface area contributed by atoms with E-state index in [-0.39, 0.29) is 5.78 Å². The normalized spacial score (nSPS) is 11.8. The maximum Gasteiger partial charge on any atom is 0.188 e. The van der Waals surface area contributed by atoms with E-state index in [9.17, 15) is 4.79 Å². The van der Waals surface area contributed by atoms with E-state index in [4.69, 9.17) is 21.1 Å². The van der Waals surface area contributed by atoms with E-state index in [2.05, 4.69) is 0 Å². The molecule has 4 heteroatoms. The van der Waals surface area contributed by atoms with Gasteiger partial charge in [0.2, 0.25) is 0 Å². The minimum Gasteiger partial charge on any atom is -0.497 e. The van der Waals surface area contributed by atoms with Gasteiger partial charge in [-0.05, 0) is 17.7 Å². The lowest BCUT2D eigenvalue weighted by molar-refractivity contribution is 0.0984. The van der Waals surface area contributed by atoms with Crippen LogP contribution in [0.1, 0.15) is 21.3 Å². The van der Waals surface area contributed by atoms with Gasteiger partial charge in [0.1, 0.15) is 16.9 Å². The molecular weight excluding hydrogens is 276 g/mol. The highest BCUT2D eigenvalue weighted by Crippen LogP contribution is 2.31. The number of hydrogen-bond donors (Lipinski definition) is 0. The second-order valence-electron chi connectivity index (χ2n) is 4.20. The Labute approximate surface area is 123 Å². The van der Waals surface area contributed by atoms with Gasteiger partial charge in [-0.15, -0.1) is 11.6 Å². The predicted molar refractivity (Wildman–Crippen MR) is 78.9 cm³/mol. The third kappa shape index (κ3) is 2.94. The molecule has 0 bridgehead atoms. The molecule has 0 spiro atoms. The Hall–Kier alpha value is -2.00. The lowest BCUT2D eigenvalue weighted by Crippen LogP contribution is -2.09. The molecule has 104 valence electrons. The van der Waals surface area contributed by atoms with Crippen LogP contribution in [0.25, 0.3) is 0 Å². The van der Waals surface area contributed by atoms with Gasteiger partial charge in [0.05, 0.1) is 19.8 Å². The molecule has 0 heterocycles. The number of ether oxygens (including phenoxy) is 2. The number of methoxy groups -OCH3 is 2. The first-order valence-electron chi connectivity index (χ1n) is 6.12. The molecule has 1 unspecified atom stereocenters. The van der Waals surface area contributed by atoms with E-state index in [1.54, 1.807) is 25.3 Å². The summed E-state index contributed by atoms with van der Waals surface area (Å²) >= 11 is 6.26. The summed E-state index contributed by atoms with van der Waals surface area (Å²) in [5.41, 5.74) is 1.20. The molecule has 0 amide bonds. The van der Waals surface area contributed by atoms with Crippen LogP contribution in [0.3, 0.4) is 0 Å². The number of alkyl halides is 1. The van der Waals surface area contributed by atoms with Gasteiger partial charge in [0.15, 0.2) is 5.78 Å². The van der Waals surface area contributed by atoms with E-state index < -0.39 is 5.38 Å². The molecule has 0 saturated carbocycles. The molecule has 0 aliphatic carbocycles. The highest BCUT2D eigenvalue weighted by molar-refractivity contribution is 6.34. The van der Waals surface area contributed by atoms with Crippen molar-refractivity contribution in [2.45, 2.75) is 5.38 Å². The number of rotatable bonds is 5. The SMILES string of the molecule is COc1ccc(C(=O)C(Cl)c2ccccc2)c(OC)c1. The van der Waals surface area contributed by atoms with Crippen molar-refractivity contribution in [2.75, 3.05) is 14.2 Å². The summed E-state index contributed by atoms with van der Waals surface area (Å²) in [7, 11) is 3.07. The molecule has 2 rings (SSSR count). The number of hydrogen-bond acceptors (Lipinski definition) is 3. The second kappa shape index (κ2) is 6.44. The van der Waals surface area contributed by atoms with Crippen molar-refractivity contribution in [2.24, 2.45) is 0 Å².